The third kappa shape index (κ3) is 38.0. The van der Waals surface area contributed by atoms with Crippen LogP contribution in [0.4, 0.5) is 0 Å². The van der Waals surface area contributed by atoms with Crippen LogP contribution in [-0.2, 0) is 29.2 Å². The van der Waals surface area contributed by atoms with Crippen LogP contribution in [0.3, 0.4) is 0 Å². The van der Waals surface area contributed by atoms with Gasteiger partial charge in [0.05, 0.1) is 0 Å². The highest BCUT2D eigenvalue weighted by Gasteiger charge is 1.96. The smallest absolute Gasteiger partial charge is 0.343 e. The van der Waals surface area contributed by atoms with Crippen LogP contribution in [0.1, 0.15) is 20.8 Å². The first-order valence-electron chi connectivity index (χ1n) is 3.08. The molecule has 0 saturated carbocycles. The SMILES string of the molecule is CC(=O)O.CC(=O)OOOC(C)=O. The Labute approximate surface area is 74.0 Å². The van der Waals surface area contributed by atoms with E-state index in [1.54, 1.807) is 0 Å². The molecule has 1 N–H and O–H groups in total. The fraction of sp³-hybridized carbons (Fsp3) is 0.500. The highest BCUT2D eigenvalue weighted by molar-refractivity contribution is 5.66. The van der Waals surface area contributed by atoms with E-state index in [1.165, 1.54) is 0 Å². The highest BCUT2D eigenvalue weighted by Crippen LogP contribution is 1.81. The first kappa shape index (κ1) is 13.9. The third-order valence-electron chi connectivity index (χ3n) is 0.303. The number of carbonyl (C=O) groups is 3. The van der Waals surface area contributed by atoms with E-state index in [4.69, 9.17) is 9.90 Å². The van der Waals surface area contributed by atoms with Gasteiger partial charge in [0.2, 0.25) is 0 Å². The van der Waals surface area contributed by atoms with Crippen LogP contribution >= 0.6 is 0 Å². The Kier molecular flexibility index (Phi) is 9.07. The summed E-state index contributed by atoms with van der Waals surface area (Å²) >= 11 is 0. The molecule has 0 aromatic carbocycles. The van der Waals surface area contributed by atoms with E-state index in [9.17, 15) is 9.59 Å². The molecule has 0 rings (SSSR count). The summed E-state index contributed by atoms with van der Waals surface area (Å²) < 4.78 is 0. The minimum atomic E-state index is -0.833. The highest BCUT2D eigenvalue weighted by atomic mass is 17.5. The van der Waals surface area contributed by atoms with Gasteiger partial charge in [0.15, 0.2) is 0 Å². The standard InChI is InChI=1S/C4H6O5.C2H4O2/c1-3(5)7-9-8-4(2)6;1-2(3)4/h1-2H3;1H3,(H,3,4). The minimum Gasteiger partial charge on any atom is -0.481 e. The van der Waals surface area contributed by atoms with Crippen LogP contribution in [0.2, 0.25) is 0 Å². The quantitative estimate of drug-likeness (QED) is 0.489. The second-order valence-corrected chi connectivity index (χ2v) is 1.74. The molecule has 0 bridgehead atoms. The third-order valence-corrected chi connectivity index (χ3v) is 0.303. The number of rotatable bonds is 2. The molecule has 76 valence electrons. The first-order chi connectivity index (χ1) is 5.86. The normalized spacial score (nSPS) is 7.62. The lowest BCUT2D eigenvalue weighted by Crippen LogP contribution is -2.04. The maximum atomic E-state index is 9.89. The summed E-state index contributed by atoms with van der Waals surface area (Å²) in [6, 6.07) is 0. The van der Waals surface area contributed by atoms with E-state index >= 15 is 0 Å². The van der Waals surface area contributed by atoms with Crippen molar-refractivity contribution in [3.8, 4) is 0 Å². The summed E-state index contributed by atoms with van der Waals surface area (Å²) in [4.78, 5) is 36.3. The van der Waals surface area contributed by atoms with Crippen LogP contribution < -0.4 is 0 Å². The number of hydrogen-bond acceptors (Lipinski definition) is 6. The summed E-state index contributed by atoms with van der Waals surface area (Å²) in [5.74, 6) is -2.20. The summed E-state index contributed by atoms with van der Waals surface area (Å²) in [6.45, 7) is 3.31. The summed E-state index contributed by atoms with van der Waals surface area (Å²) in [7, 11) is 0. The van der Waals surface area contributed by atoms with E-state index in [0.717, 1.165) is 20.8 Å². The molecule has 0 amide bonds. The zero-order chi connectivity index (χ0) is 10.9. The maximum absolute atomic E-state index is 9.89. The zero-order valence-electron chi connectivity index (χ0n) is 7.40. The van der Waals surface area contributed by atoms with E-state index in [1.807, 2.05) is 0 Å². The maximum Gasteiger partial charge on any atom is 0.343 e. The molecule has 0 radical (unpaired) electrons. The van der Waals surface area contributed by atoms with Gasteiger partial charge in [0, 0.05) is 25.8 Å². The molecule has 0 aliphatic rings. The van der Waals surface area contributed by atoms with E-state index in [-0.39, 0.29) is 0 Å². The molecule has 0 spiro atoms. The summed E-state index contributed by atoms with van der Waals surface area (Å²) in [5.41, 5.74) is 0. The predicted octanol–water partition coefficient (Wildman–Crippen LogP) is 0.0501. The summed E-state index contributed by atoms with van der Waals surface area (Å²) in [6.07, 6.45) is 0. The predicted molar refractivity (Wildman–Crippen MR) is 37.9 cm³/mol. The second-order valence-electron chi connectivity index (χ2n) is 1.74. The van der Waals surface area contributed by atoms with Gasteiger partial charge in [-0.15, -0.1) is 0 Å². The molecule has 0 fully saturated rings. The Morgan fingerprint density at radius 3 is 1.31 bits per heavy atom. The van der Waals surface area contributed by atoms with Crippen molar-refractivity contribution in [2.75, 3.05) is 0 Å². The molecule has 7 nitrogen and oxygen atoms in total. The number of aliphatic carboxylic acids is 1. The van der Waals surface area contributed by atoms with Crippen molar-refractivity contribution in [1.29, 1.82) is 0 Å². The molecule has 0 heterocycles. The number of hydrogen-bond donors (Lipinski definition) is 1. The molecule has 0 aliphatic heterocycles. The average molecular weight is 194 g/mol. The van der Waals surface area contributed by atoms with Crippen molar-refractivity contribution < 1.29 is 34.3 Å². The number of carbonyl (C=O) groups excluding carboxylic acids is 2. The topological polar surface area (TPSA) is 99.1 Å². The summed E-state index contributed by atoms with van der Waals surface area (Å²) in [5, 5.41) is 11.1. The minimum absolute atomic E-state index is 0.684. The van der Waals surface area contributed by atoms with Crippen molar-refractivity contribution in [1.82, 2.24) is 0 Å². The lowest BCUT2D eigenvalue weighted by atomic mass is 10.8. The molecular formula is C6H10O7. The Hall–Kier alpha value is -1.63. The Morgan fingerprint density at radius 1 is 0.923 bits per heavy atom. The van der Waals surface area contributed by atoms with Crippen molar-refractivity contribution in [3.05, 3.63) is 0 Å². The fourth-order valence-electron chi connectivity index (χ4n) is 0.113. The van der Waals surface area contributed by atoms with Gasteiger partial charge in [-0.1, -0.05) is 0 Å². The Balaban J connectivity index is 0. The van der Waals surface area contributed by atoms with Crippen LogP contribution in [0.5, 0.6) is 0 Å². The molecule has 0 aliphatic carbocycles. The van der Waals surface area contributed by atoms with E-state index < -0.39 is 17.9 Å². The van der Waals surface area contributed by atoms with Crippen LogP contribution in [0.25, 0.3) is 0 Å². The fourth-order valence-corrected chi connectivity index (χ4v) is 0.113. The molecule has 0 unspecified atom stereocenters. The monoisotopic (exact) mass is 194 g/mol. The van der Waals surface area contributed by atoms with Gasteiger partial charge in [-0.25, -0.2) is 9.59 Å². The zero-order valence-corrected chi connectivity index (χ0v) is 7.40. The van der Waals surface area contributed by atoms with Gasteiger partial charge in [-0.05, 0) is 0 Å². The van der Waals surface area contributed by atoms with Crippen LogP contribution in [-0.4, -0.2) is 23.0 Å². The first-order valence-corrected chi connectivity index (χ1v) is 3.08. The average Bonchev–Trinajstić information content (AvgIpc) is 1.83. The molecule has 0 atom stereocenters. The molecule has 13 heavy (non-hydrogen) atoms. The van der Waals surface area contributed by atoms with Crippen LogP contribution in [0.15, 0.2) is 0 Å². The van der Waals surface area contributed by atoms with Crippen molar-refractivity contribution in [3.63, 3.8) is 0 Å². The lowest BCUT2D eigenvalue weighted by Gasteiger charge is -1.94. The second kappa shape index (κ2) is 8.47. The van der Waals surface area contributed by atoms with Gasteiger partial charge >= 0.3 is 11.9 Å². The Morgan fingerprint density at radius 2 is 1.15 bits per heavy atom. The van der Waals surface area contributed by atoms with Crippen LogP contribution in [0, 0.1) is 0 Å². The lowest BCUT2D eigenvalue weighted by molar-refractivity contribution is -0.458. The molecular weight excluding hydrogens is 184 g/mol. The van der Waals surface area contributed by atoms with Crippen molar-refractivity contribution in [2.24, 2.45) is 0 Å². The molecule has 0 aromatic heterocycles. The van der Waals surface area contributed by atoms with Gasteiger partial charge in [-0.3, -0.25) is 14.6 Å². The number of carboxylic acid groups (broad SMARTS) is 1. The van der Waals surface area contributed by atoms with Crippen molar-refractivity contribution in [2.45, 2.75) is 20.8 Å². The van der Waals surface area contributed by atoms with Crippen molar-refractivity contribution >= 4 is 17.9 Å². The largest absolute Gasteiger partial charge is 0.481 e. The molecule has 0 saturated heterocycles. The van der Waals surface area contributed by atoms with Gasteiger partial charge < -0.3 is 5.11 Å². The van der Waals surface area contributed by atoms with E-state index in [2.05, 4.69) is 14.8 Å². The molecule has 0 aromatic rings. The van der Waals surface area contributed by atoms with Gasteiger partial charge in [-0.2, -0.15) is 0 Å². The molecule has 7 heteroatoms. The van der Waals surface area contributed by atoms with Gasteiger partial charge in [0.1, 0.15) is 0 Å². The Bertz CT molecular complexity index is 167. The number of carboxylic acids is 1. The van der Waals surface area contributed by atoms with Gasteiger partial charge in [0.25, 0.3) is 5.97 Å². The van der Waals surface area contributed by atoms with E-state index in [0.29, 0.717) is 0 Å².